The molecule has 2 heterocycles. The number of piperazine rings is 1. The van der Waals surface area contributed by atoms with E-state index in [-0.39, 0.29) is 12.0 Å². The average molecular weight is 466 g/mol. The predicted molar refractivity (Wildman–Crippen MR) is 130 cm³/mol. The molecule has 4 rings (SSSR count). The van der Waals surface area contributed by atoms with E-state index in [1.54, 1.807) is 11.8 Å². The summed E-state index contributed by atoms with van der Waals surface area (Å²) in [5, 5.41) is 0.667. The SMILES string of the molecule is CCOC(=O)N1CCN(C(=O)c2cc(-c3ccc(Cl)cc3)n(-c3ccccc3C)c2C)CC1. The zero-order valence-corrected chi connectivity index (χ0v) is 19.9. The van der Waals surface area contributed by atoms with Gasteiger partial charge in [0.1, 0.15) is 0 Å². The van der Waals surface area contributed by atoms with Gasteiger partial charge in [-0.1, -0.05) is 41.9 Å². The Morgan fingerprint density at radius 3 is 2.21 bits per heavy atom. The van der Waals surface area contributed by atoms with E-state index in [9.17, 15) is 9.59 Å². The van der Waals surface area contributed by atoms with Gasteiger partial charge in [-0.2, -0.15) is 0 Å². The van der Waals surface area contributed by atoms with Crippen molar-refractivity contribution in [1.29, 1.82) is 0 Å². The standard InChI is InChI=1S/C26H28ClN3O3/c1-4-33-26(32)29-15-13-28(14-16-29)25(31)22-17-24(20-9-11-21(27)12-10-20)30(19(22)3)23-8-6-5-7-18(23)2/h5-12,17H,4,13-16H2,1-3H3. The summed E-state index contributed by atoms with van der Waals surface area (Å²) in [6.07, 6.45) is -0.323. The molecular weight excluding hydrogens is 438 g/mol. The van der Waals surface area contributed by atoms with E-state index in [0.717, 1.165) is 28.2 Å². The number of aromatic nitrogens is 1. The van der Waals surface area contributed by atoms with Crippen LogP contribution in [0.5, 0.6) is 0 Å². The van der Waals surface area contributed by atoms with E-state index in [1.165, 1.54) is 0 Å². The number of hydrogen-bond donors (Lipinski definition) is 0. The van der Waals surface area contributed by atoms with Gasteiger partial charge in [0, 0.05) is 42.6 Å². The van der Waals surface area contributed by atoms with Crippen LogP contribution in [0.3, 0.4) is 0 Å². The van der Waals surface area contributed by atoms with Crippen LogP contribution in [-0.2, 0) is 4.74 Å². The lowest BCUT2D eigenvalue weighted by atomic mass is 10.1. The molecule has 1 aromatic heterocycles. The Labute approximate surface area is 199 Å². The molecule has 1 saturated heterocycles. The van der Waals surface area contributed by atoms with Crippen molar-refractivity contribution in [2.24, 2.45) is 0 Å². The van der Waals surface area contributed by atoms with E-state index >= 15 is 0 Å². The zero-order chi connectivity index (χ0) is 23.5. The molecule has 2 aromatic carbocycles. The largest absolute Gasteiger partial charge is 0.450 e. The minimum absolute atomic E-state index is 0.0291. The van der Waals surface area contributed by atoms with Gasteiger partial charge in [0.2, 0.25) is 0 Å². The fraction of sp³-hybridized carbons (Fsp3) is 0.308. The van der Waals surface area contributed by atoms with Crippen LogP contribution in [0.2, 0.25) is 5.02 Å². The van der Waals surface area contributed by atoms with Crippen LogP contribution in [0.4, 0.5) is 4.79 Å². The maximum absolute atomic E-state index is 13.5. The molecule has 0 radical (unpaired) electrons. The monoisotopic (exact) mass is 465 g/mol. The van der Waals surface area contributed by atoms with Crippen molar-refractivity contribution in [3.8, 4) is 16.9 Å². The van der Waals surface area contributed by atoms with Crippen LogP contribution in [0.15, 0.2) is 54.6 Å². The smallest absolute Gasteiger partial charge is 0.409 e. The van der Waals surface area contributed by atoms with Gasteiger partial charge in [0.25, 0.3) is 5.91 Å². The van der Waals surface area contributed by atoms with Gasteiger partial charge >= 0.3 is 6.09 Å². The number of carbonyl (C=O) groups excluding carboxylic acids is 2. The Bertz CT molecular complexity index is 1160. The topological polar surface area (TPSA) is 54.8 Å². The Morgan fingerprint density at radius 1 is 0.939 bits per heavy atom. The summed E-state index contributed by atoms with van der Waals surface area (Å²) >= 11 is 6.12. The van der Waals surface area contributed by atoms with E-state index in [4.69, 9.17) is 16.3 Å². The number of carbonyl (C=O) groups is 2. The Balaban J connectivity index is 1.69. The first kappa shape index (κ1) is 22.9. The van der Waals surface area contributed by atoms with Crippen LogP contribution in [-0.4, -0.2) is 59.2 Å². The predicted octanol–water partition coefficient (Wildman–Crippen LogP) is 5.33. The van der Waals surface area contributed by atoms with Crippen molar-refractivity contribution in [3.63, 3.8) is 0 Å². The summed E-state index contributed by atoms with van der Waals surface area (Å²) in [5.74, 6) is -0.0291. The molecular formula is C26H28ClN3O3. The van der Waals surface area contributed by atoms with E-state index < -0.39 is 0 Å². The van der Waals surface area contributed by atoms with Crippen LogP contribution in [0, 0.1) is 13.8 Å². The van der Waals surface area contributed by atoms with Gasteiger partial charge in [-0.15, -0.1) is 0 Å². The molecule has 172 valence electrons. The maximum atomic E-state index is 13.5. The molecule has 0 bridgehead atoms. The number of amides is 2. The molecule has 1 aliphatic heterocycles. The Hall–Kier alpha value is -3.25. The summed E-state index contributed by atoms with van der Waals surface area (Å²) < 4.78 is 7.23. The summed E-state index contributed by atoms with van der Waals surface area (Å²) in [5.41, 5.74) is 5.61. The highest BCUT2D eigenvalue weighted by Crippen LogP contribution is 2.32. The molecule has 1 fully saturated rings. The van der Waals surface area contributed by atoms with Crippen molar-refractivity contribution in [1.82, 2.24) is 14.4 Å². The molecule has 33 heavy (non-hydrogen) atoms. The molecule has 0 unspecified atom stereocenters. The number of para-hydroxylation sites is 1. The van der Waals surface area contributed by atoms with Crippen molar-refractivity contribution in [2.45, 2.75) is 20.8 Å². The molecule has 0 aliphatic carbocycles. The highest BCUT2D eigenvalue weighted by Gasteiger charge is 2.28. The molecule has 0 saturated carbocycles. The van der Waals surface area contributed by atoms with Gasteiger partial charge in [-0.05, 0) is 56.2 Å². The third-order valence-corrected chi connectivity index (χ3v) is 6.32. The summed E-state index contributed by atoms with van der Waals surface area (Å²) in [7, 11) is 0. The summed E-state index contributed by atoms with van der Waals surface area (Å²) in [6.45, 7) is 8.06. The molecule has 1 aliphatic rings. The third-order valence-electron chi connectivity index (χ3n) is 6.07. The number of ether oxygens (including phenoxy) is 1. The molecule has 6 nitrogen and oxygen atoms in total. The molecule has 0 atom stereocenters. The highest BCUT2D eigenvalue weighted by atomic mass is 35.5. The number of hydrogen-bond acceptors (Lipinski definition) is 3. The van der Waals surface area contributed by atoms with Crippen molar-refractivity contribution < 1.29 is 14.3 Å². The minimum Gasteiger partial charge on any atom is -0.450 e. The van der Waals surface area contributed by atoms with Crippen LogP contribution < -0.4 is 0 Å². The summed E-state index contributed by atoms with van der Waals surface area (Å²) in [4.78, 5) is 29.0. The summed E-state index contributed by atoms with van der Waals surface area (Å²) in [6, 6.07) is 17.8. The molecule has 3 aromatic rings. The van der Waals surface area contributed by atoms with Crippen molar-refractivity contribution in [2.75, 3.05) is 32.8 Å². The molecule has 0 spiro atoms. The van der Waals surface area contributed by atoms with E-state index in [0.29, 0.717) is 43.4 Å². The molecule has 2 amide bonds. The van der Waals surface area contributed by atoms with E-state index in [2.05, 4.69) is 23.6 Å². The quantitative estimate of drug-likeness (QED) is 0.523. The lowest BCUT2D eigenvalue weighted by Crippen LogP contribution is -2.50. The minimum atomic E-state index is -0.323. The van der Waals surface area contributed by atoms with E-state index in [1.807, 2.05) is 54.3 Å². The average Bonchev–Trinajstić information content (AvgIpc) is 3.16. The second kappa shape index (κ2) is 9.71. The maximum Gasteiger partial charge on any atom is 0.409 e. The van der Waals surface area contributed by atoms with Crippen LogP contribution in [0.1, 0.15) is 28.5 Å². The highest BCUT2D eigenvalue weighted by molar-refractivity contribution is 6.30. The Morgan fingerprint density at radius 2 is 1.58 bits per heavy atom. The number of rotatable bonds is 4. The fourth-order valence-corrected chi connectivity index (χ4v) is 4.38. The van der Waals surface area contributed by atoms with Gasteiger partial charge in [-0.3, -0.25) is 4.79 Å². The number of halogens is 1. The first-order chi connectivity index (χ1) is 15.9. The number of benzene rings is 2. The molecule has 0 N–H and O–H groups in total. The van der Waals surface area contributed by atoms with Crippen LogP contribution in [0.25, 0.3) is 16.9 Å². The third kappa shape index (κ3) is 4.62. The van der Waals surface area contributed by atoms with Crippen LogP contribution >= 0.6 is 11.6 Å². The first-order valence-corrected chi connectivity index (χ1v) is 11.5. The lowest BCUT2D eigenvalue weighted by molar-refractivity contribution is 0.0570. The lowest BCUT2D eigenvalue weighted by Gasteiger charge is -2.34. The number of nitrogens with zero attached hydrogens (tertiary/aromatic N) is 3. The van der Waals surface area contributed by atoms with Gasteiger partial charge in [0.15, 0.2) is 0 Å². The van der Waals surface area contributed by atoms with Gasteiger partial charge in [-0.25, -0.2) is 4.79 Å². The second-order valence-corrected chi connectivity index (χ2v) is 8.57. The molecule has 7 heteroatoms. The Kier molecular flexibility index (Phi) is 6.75. The number of aryl methyl sites for hydroxylation is 1. The first-order valence-electron chi connectivity index (χ1n) is 11.2. The second-order valence-electron chi connectivity index (χ2n) is 8.14. The van der Waals surface area contributed by atoms with Crippen molar-refractivity contribution >= 4 is 23.6 Å². The van der Waals surface area contributed by atoms with Crippen molar-refractivity contribution in [3.05, 3.63) is 76.4 Å². The van der Waals surface area contributed by atoms with Gasteiger partial charge < -0.3 is 19.1 Å². The normalized spacial score (nSPS) is 13.8. The van der Waals surface area contributed by atoms with Gasteiger partial charge in [0.05, 0.1) is 17.9 Å². The zero-order valence-electron chi connectivity index (χ0n) is 19.2. The fourth-order valence-electron chi connectivity index (χ4n) is 4.26.